The molecule has 0 aromatic heterocycles. The molecular weight excluding hydrogens is 204 g/mol. The number of nitrogens with zero attached hydrogens (tertiary/aromatic N) is 1. The van der Waals surface area contributed by atoms with E-state index in [1.165, 1.54) is 11.9 Å². The van der Waals surface area contributed by atoms with Crippen LogP contribution in [0.5, 0.6) is 0 Å². The Hall–Kier alpha value is -0.290. The Labute approximate surface area is 89.4 Å². The van der Waals surface area contributed by atoms with Crippen LogP contribution < -0.4 is 4.72 Å². The first kappa shape index (κ1) is 12.7. The molecule has 0 atom stereocenters. The highest BCUT2D eigenvalue weighted by Crippen LogP contribution is 2.14. The summed E-state index contributed by atoms with van der Waals surface area (Å²) in [6.07, 6.45) is 0. The van der Waals surface area contributed by atoms with Crippen molar-refractivity contribution in [1.29, 1.82) is 0 Å². The third-order valence-electron chi connectivity index (χ3n) is 1.28. The van der Waals surface area contributed by atoms with Gasteiger partial charge in [-0.15, -0.1) is 0 Å². The fraction of sp³-hybridized carbons (Fsp3) is 0.750. The van der Waals surface area contributed by atoms with E-state index in [4.69, 9.17) is 12.2 Å². The fourth-order valence-electron chi connectivity index (χ4n) is 0.334. The second kappa shape index (κ2) is 4.81. The lowest BCUT2D eigenvalue weighted by atomic mass is 9.96. The molecule has 1 N–H and O–H groups in total. The van der Waals surface area contributed by atoms with Crippen LogP contribution in [0.3, 0.4) is 0 Å². The van der Waals surface area contributed by atoms with E-state index in [2.05, 4.69) is 4.72 Å². The van der Waals surface area contributed by atoms with Crippen LogP contribution in [0.4, 0.5) is 0 Å². The highest BCUT2D eigenvalue weighted by Gasteiger charge is 2.21. The lowest BCUT2D eigenvalue weighted by Crippen LogP contribution is -2.32. The van der Waals surface area contributed by atoms with Crippen molar-refractivity contribution >= 4 is 34.4 Å². The van der Waals surface area contributed by atoms with Gasteiger partial charge in [0.2, 0.25) is 5.91 Å². The summed E-state index contributed by atoms with van der Waals surface area (Å²) < 4.78 is 3.35. The van der Waals surface area contributed by atoms with Gasteiger partial charge in [-0.1, -0.05) is 33.0 Å². The zero-order valence-corrected chi connectivity index (χ0v) is 10.3. The van der Waals surface area contributed by atoms with Crippen LogP contribution in [0, 0.1) is 5.41 Å². The number of carbonyl (C=O) groups is 1. The van der Waals surface area contributed by atoms with Gasteiger partial charge in [-0.25, -0.2) is 0 Å². The quantitative estimate of drug-likeness (QED) is 0.497. The zero-order chi connectivity index (χ0) is 10.6. The largest absolute Gasteiger partial charge is 0.362 e. The van der Waals surface area contributed by atoms with Crippen LogP contribution in [0.25, 0.3) is 0 Å². The van der Waals surface area contributed by atoms with E-state index in [1.807, 2.05) is 34.9 Å². The number of nitrogens with one attached hydrogen (secondary N) is 1. The van der Waals surface area contributed by atoms with Crippen LogP contribution in [-0.4, -0.2) is 29.2 Å². The molecule has 0 aromatic rings. The zero-order valence-electron chi connectivity index (χ0n) is 8.67. The Kier molecular flexibility index (Phi) is 4.70. The summed E-state index contributed by atoms with van der Waals surface area (Å²) in [5.41, 5.74) is -0.366. The fourth-order valence-corrected chi connectivity index (χ4v) is 1.13. The molecule has 0 aliphatic heterocycles. The molecular formula is C8H16N2OS2. The first-order valence-electron chi connectivity index (χ1n) is 3.93. The van der Waals surface area contributed by atoms with Crippen molar-refractivity contribution in [3.8, 4) is 0 Å². The van der Waals surface area contributed by atoms with Crippen molar-refractivity contribution in [3.05, 3.63) is 0 Å². The molecule has 0 unspecified atom stereocenters. The molecule has 0 bridgehead atoms. The van der Waals surface area contributed by atoms with E-state index >= 15 is 0 Å². The first-order valence-corrected chi connectivity index (χ1v) is 5.16. The molecule has 0 aliphatic rings. The normalized spacial score (nSPS) is 10.8. The number of thiocarbonyl (C=S) groups is 1. The molecule has 0 spiro atoms. The summed E-state index contributed by atoms with van der Waals surface area (Å²) in [6.45, 7) is 5.59. The monoisotopic (exact) mass is 220 g/mol. The smallest absolute Gasteiger partial charge is 0.235 e. The van der Waals surface area contributed by atoms with Crippen LogP contribution >= 0.6 is 24.2 Å². The standard InChI is InChI=1S/C8H16N2OS2/c1-8(2,3)6(11)9-13-7(12)10(4)5/h1-5H3,(H,9,11). The molecule has 0 rings (SSSR count). The Morgan fingerprint density at radius 1 is 1.38 bits per heavy atom. The topological polar surface area (TPSA) is 32.3 Å². The van der Waals surface area contributed by atoms with Crippen molar-refractivity contribution < 1.29 is 4.79 Å². The van der Waals surface area contributed by atoms with Gasteiger partial charge < -0.3 is 4.90 Å². The maximum atomic E-state index is 11.4. The summed E-state index contributed by atoms with van der Waals surface area (Å²) in [7, 11) is 3.69. The third kappa shape index (κ3) is 5.10. The lowest BCUT2D eigenvalue weighted by molar-refractivity contribution is -0.126. The number of hydrogen-bond acceptors (Lipinski definition) is 3. The summed E-state index contributed by atoms with van der Waals surface area (Å²) in [4.78, 5) is 13.2. The van der Waals surface area contributed by atoms with E-state index in [-0.39, 0.29) is 11.3 Å². The molecule has 0 radical (unpaired) electrons. The SMILES string of the molecule is CN(C)C(=S)SNC(=O)C(C)(C)C. The Balaban J connectivity index is 3.92. The van der Waals surface area contributed by atoms with Crippen LogP contribution in [-0.2, 0) is 4.79 Å². The predicted molar refractivity (Wildman–Crippen MR) is 61.5 cm³/mol. The van der Waals surface area contributed by atoms with Crippen molar-refractivity contribution in [3.63, 3.8) is 0 Å². The molecule has 3 nitrogen and oxygen atoms in total. The van der Waals surface area contributed by atoms with Crippen LogP contribution in [0.2, 0.25) is 0 Å². The summed E-state index contributed by atoms with van der Waals surface area (Å²) >= 11 is 6.17. The first-order chi connectivity index (χ1) is 5.75. The van der Waals surface area contributed by atoms with Gasteiger partial charge in [0, 0.05) is 31.5 Å². The summed E-state index contributed by atoms with van der Waals surface area (Å²) in [5, 5.41) is 0. The van der Waals surface area contributed by atoms with Crippen molar-refractivity contribution in [2.75, 3.05) is 14.1 Å². The van der Waals surface area contributed by atoms with Gasteiger partial charge in [0.1, 0.15) is 0 Å². The van der Waals surface area contributed by atoms with Crippen molar-refractivity contribution in [1.82, 2.24) is 9.62 Å². The van der Waals surface area contributed by atoms with Gasteiger partial charge in [0.25, 0.3) is 0 Å². The maximum absolute atomic E-state index is 11.4. The average Bonchev–Trinajstić information content (AvgIpc) is 1.97. The molecule has 0 saturated heterocycles. The summed E-state index contributed by atoms with van der Waals surface area (Å²) in [5.74, 6) is -0.0123. The van der Waals surface area contributed by atoms with Crippen molar-refractivity contribution in [2.45, 2.75) is 20.8 Å². The van der Waals surface area contributed by atoms with E-state index in [0.29, 0.717) is 4.32 Å². The van der Waals surface area contributed by atoms with Gasteiger partial charge in [-0.3, -0.25) is 9.52 Å². The lowest BCUT2D eigenvalue weighted by Gasteiger charge is -2.18. The Bertz CT molecular complexity index is 209. The van der Waals surface area contributed by atoms with Gasteiger partial charge >= 0.3 is 0 Å². The van der Waals surface area contributed by atoms with Gasteiger partial charge in [0.15, 0.2) is 4.32 Å². The van der Waals surface area contributed by atoms with Crippen molar-refractivity contribution in [2.24, 2.45) is 5.41 Å². The van der Waals surface area contributed by atoms with Gasteiger partial charge in [0.05, 0.1) is 0 Å². The minimum atomic E-state index is -0.366. The molecule has 0 saturated carbocycles. The number of carbonyl (C=O) groups excluding carboxylic acids is 1. The Morgan fingerprint density at radius 3 is 2.15 bits per heavy atom. The second-order valence-corrected chi connectivity index (χ2v) is 5.38. The molecule has 13 heavy (non-hydrogen) atoms. The third-order valence-corrected chi connectivity index (χ3v) is 2.72. The molecule has 0 heterocycles. The van der Waals surface area contributed by atoms with Crippen LogP contribution in [0.1, 0.15) is 20.8 Å². The maximum Gasteiger partial charge on any atom is 0.235 e. The highest BCUT2D eigenvalue weighted by molar-refractivity contribution is 8.21. The van der Waals surface area contributed by atoms with Gasteiger partial charge in [-0.05, 0) is 0 Å². The molecule has 0 aromatic carbocycles. The van der Waals surface area contributed by atoms with E-state index in [0.717, 1.165) is 0 Å². The van der Waals surface area contributed by atoms with E-state index in [9.17, 15) is 4.79 Å². The minimum absolute atomic E-state index is 0.0123. The minimum Gasteiger partial charge on any atom is -0.362 e. The number of hydrogen-bond donors (Lipinski definition) is 1. The molecule has 76 valence electrons. The molecule has 1 amide bonds. The van der Waals surface area contributed by atoms with E-state index < -0.39 is 0 Å². The molecule has 0 aliphatic carbocycles. The highest BCUT2D eigenvalue weighted by atomic mass is 32.2. The van der Waals surface area contributed by atoms with Crippen LogP contribution in [0.15, 0.2) is 0 Å². The predicted octanol–water partition coefficient (Wildman–Crippen LogP) is 1.64. The Morgan fingerprint density at radius 2 is 1.85 bits per heavy atom. The van der Waals surface area contributed by atoms with E-state index in [1.54, 1.807) is 4.90 Å². The number of amides is 1. The average molecular weight is 220 g/mol. The number of rotatable bonds is 0. The summed E-state index contributed by atoms with van der Waals surface area (Å²) in [6, 6.07) is 0. The molecule has 0 fully saturated rings. The second-order valence-electron chi connectivity index (χ2n) is 3.94. The van der Waals surface area contributed by atoms with Gasteiger partial charge in [-0.2, -0.15) is 0 Å². The molecule has 5 heteroatoms.